The summed E-state index contributed by atoms with van der Waals surface area (Å²) in [5.74, 6) is 1.59. The van der Waals surface area contributed by atoms with Crippen molar-refractivity contribution in [2.75, 3.05) is 7.11 Å². The highest BCUT2D eigenvalue weighted by Crippen LogP contribution is 2.34. The molecule has 0 aliphatic rings. The molecule has 0 aliphatic carbocycles. The predicted molar refractivity (Wildman–Crippen MR) is 111 cm³/mol. The average molecular weight is 395 g/mol. The Morgan fingerprint density at radius 1 is 0.704 bits per heavy atom. The van der Waals surface area contributed by atoms with Crippen molar-refractivity contribution in [1.29, 1.82) is 0 Å². The van der Waals surface area contributed by atoms with Gasteiger partial charge in [0.15, 0.2) is 0 Å². The highest BCUT2D eigenvalue weighted by Gasteiger charge is 2.15. The summed E-state index contributed by atoms with van der Waals surface area (Å²) in [6.07, 6.45) is 0. The predicted octanol–water partition coefficient (Wildman–Crippen LogP) is 6.73. The van der Waals surface area contributed by atoms with Crippen molar-refractivity contribution in [2.24, 2.45) is 0 Å². The molecule has 4 aromatic rings. The van der Waals surface area contributed by atoms with Crippen molar-refractivity contribution in [3.63, 3.8) is 0 Å². The van der Waals surface area contributed by atoms with Crippen LogP contribution in [0.5, 0.6) is 5.75 Å². The molecule has 0 bridgehead atoms. The lowest BCUT2D eigenvalue weighted by Gasteiger charge is -2.03. The van der Waals surface area contributed by atoms with Gasteiger partial charge in [-0.05, 0) is 48.5 Å². The number of benzene rings is 3. The van der Waals surface area contributed by atoms with Gasteiger partial charge in [-0.1, -0.05) is 47.5 Å². The molecule has 3 aromatic carbocycles. The van der Waals surface area contributed by atoms with Crippen LogP contribution in [0.15, 0.2) is 72.8 Å². The molecular formula is C22H16Cl2N2O. The second kappa shape index (κ2) is 7.47. The Morgan fingerprint density at radius 3 is 1.78 bits per heavy atom. The molecule has 0 unspecified atom stereocenters. The SMILES string of the molecule is COc1ccc(-c2nc(-c3ccc(Cl)cc3)c(-c3ccc(Cl)cc3)[nH]2)cc1. The van der Waals surface area contributed by atoms with Crippen molar-refractivity contribution in [2.45, 2.75) is 0 Å². The number of aromatic nitrogens is 2. The Hall–Kier alpha value is -2.75. The van der Waals surface area contributed by atoms with Crippen LogP contribution in [0.25, 0.3) is 33.9 Å². The molecule has 1 N–H and O–H groups in total. The van der Waals surface area contributed by atoms with Gasteiger partial charge in [0.2, 0.25) is 0 Å². The molecule has 5 heteroatoms. The smallest absolute Gasteiger partial charge is 0.138 e. The van der Waals surface area contributed by atoms with Crippen LogP contribution in [0.1, 0.15) is 0 Å². The summed E-state index contributed by atoms with van der Waals surface area (Å²) < 4.78 is 5.24. The molecule has 0 aliphatic heterocycles. The molecule has 0 spiro atoms. The molecule has 27 heavy (non-hydrogen) atoms. The van der Waals surface area contributed by atoms with Crippen LogP contribution in [0.2, 0.25) is 10.0 Å². The molecule has 0 saturated heterocycles. The summed E-state index contributed by atoms with van der Waals surface area (Å²) in [7, 11) is 1.65. The van der Waals surface area contributed by atoms with Crippen LogP contribution >= 0.6 is 23.2 Å². The lowest BCUT2D eigenvalue weighted by Crippen LogP contribution is -1.84. The first-order chi connectivity index (χ1) is 13.1. The standard InChI is InChI=1S/C22H16Cl2N2O/c1-27-19-12-6-16(7-13-19)22-25-20(14-2-8-17(23)9-3-14)21(26-22)15-4-10-18(24)11-5-15/h2-13H,1H3,(H,25,26). The van der Waals surface area contributed by atoms with Crippen molar-refractivity contribution in [3.8, 4) is 39.7 Å². The largest absolute Gasteiger partial charge is 0.497 e. The first-order valence-electron chi connectivity index (χ1n) is 8.40. The van der Waals surface area contributed by atoms with E-state index in [0.29, 0.717) is 10.0 Å². The Kier molecular flexibility index (Phi) is 4.88. The van der Waals surface area contributed by atoms with Crippen LogP contribution in [-0.2, 0) is 0 Å². The Balaban J connectivity index is 1.85. The summed E-state index contributed by atoms with van der Waals surface area (Å²) in [6, 6.07) is 23.2. The summed E-state index contributed by atoms with van der Waals surface area (Å²) >= 11 is 12.1. The Bertz CT molecular complexity index is 990. The maximum absolute atomic E-state index is 6.05. The van der Waals surface area contributed by atoms with Gasteiger partial charge in [0.05, 0.1) is 18.5 Å². The summed E-state index contributed by atoms with van der Waals surface area (Å²) in [4.78, 5) is 8.32. The van der Waals surface area contributed by atoms with E-state index in [-0.39, 0.29) is 0 Å². The van der Waals surface area contributed by atoms with E-state index in [4.69, 9.17) is 32.9 Å². The van der Waals surface area contributed by atoms with E-state index in [1.807, 2.05) is 72.8 Å². The van der Waals surface area contributed by atoms with Gasteiger partial charge in [0, 0.05) is 26.7 Å². The fourth-order valence-electron chi connectivity index (χ4n) is 2.90. The van der Waals surface area contributed by atoms with Crippen molar-refractivity contribution in [3.05, 3.63) is 82.8 Å². The maximum Gasteiger partial charge on any atom is 0.138 e. The van der Waals surface area contributed by atoms with E-state index < -0.39 is 0 Å². The fraction of sp³-hybridized carbons (Fsp3) is 0.0455. The lowest BCUT2D eigenvalue weighted by atomic mass is 10.1. The monoisotopic (exact) mass is 394 g/mol. The molecular weight excluding hydrogens is 379 g/mol. The van der Waals surface area contributed by atoms with Crippen LogP contribution in [0.3, 0.4) is 0 Å². The fourth-order valence-corrected chi connectivity index (χ4v) is 3.15. The van der Waals surface area contributed by atoms with Gasteiger partial charge in [0.1, 0.15) is 11.6 Å². The normalized spacial score (nSPS) is 10.8. The number of H-pyrrole nitrogens is 1. The molecule has 3 nitrogen and oxygen atoms in total. The van der Waals surface area contributed by atoms with Crippen LogP contribution in [0.4, 0.5) is 0 Å². The molecule has 0 saturated carbocycles. The van der Waals surface area contributed by atoms with E-state index in [1.165, 1.54) is 0 Å². The quantitative estimate of drug-likeness (QED) is 0.416. The molecule has 0 fully saturated rings. The number of ether oxygens (including phenoxy) is 1. The maximum atomic E-state index is 6.05. The number of hydrogen-bond acceptors (Lipinski definition) is 2. The zero-order chi connectivity index (χ0) is 18.8. The third kappa shape index (κ3) is 3.70. The van der Waals surface area contributed by atoms with Gasteiger partial charge in [-0.15, -0.1) is 0 Å². The van der Waals surface area contributed by atoms with Crippen molar-refractivity contribution < 1.29 is 4.74 Å². The average Bonchev–Trinajstić information content (AvgIpc) is 3.14. The van der Waals surface area contributed by atoms with Gasteiger partial charge in [-0.25, -0.2) is 4.98 Å². The minimum atomic E-state index is 0.692. The summed E-state index contributed by atoms with van der Waals surface area (Å²) in [5.41, 5.74) is 4.77. The van der Waals surface area contributed by atoms with Crippen LogP contribution in [-0.4, -0.2) is 17.1 Å². The number of methoxy groups -OCH3 is 1. The van der Waals surface area contributed by atoms with E-state index in [1.54, 1.807) is 7.11 Å². The van der Waals surface area contributed by atoms with E-state index in [0.717, 1.165) is 39.7 Å². The number of halogens is 2. The van der Waals surface area contributed by atoms with Crippen molar-refractivity contribution in [1.82, 2.24) is 9.97 Å². The van der Waals surface area contributed by atoms with E-state index in [2.05, 4.69) is 4.98 Å². The number of hydrogen-bond donors (Lipinski definition) is 1. The minimum absolute atomic E-state index is 0.692. The highest BCUT2D eigenvalue weighted by atomic mass is 35.5. The zero-order valence-electron chi connectivity index (χ0n) is 14.5. The number of imidazole rings is 1. The van der Waals surface area contributed by atoms with Gasteiger partial charge >= 0.3 is 0 Å². The van der Waals surface area contributed by atoms with Gasteiger partial charge in [-0.2, -0.15) is 0 Å². The van der Waals surface area contributed by atoms with Crippen LogP contribution < -0.4 is 4.74 Å². The first kappa shape index (κ1) is 17.7. The number of aromatic amines is 1. The number of nitrogens with one attached hydrogen (secondary N) is 1. The Morgan fingerprint density at radius 2 is 1.22 bits per heavy atom. The first-order valence-corrected chi connectivity index (χ1v) is 9.16. The molecule has 0 atom stereocenters. The number of rotatable bonds is 4. The summed E-state index contributed by atoms with van der Waals surface area (Å²) in [5, 5.41) is 1.39. The van der Waals surface area contributed by atoms with Crippen LogP contribution in [0, 0.1) is 0 Å². The zero-order valence-corrected chi connectivity index (χ0v) is 16.1. The summed E-state index contributed by atoms with van der Waals surface area (Å²) in [6.45, 7) is 0. The third-order valence-electron chi connectivity index (χ3n) is 4.32. The minimum Gasteiger partial charge on any atom is -0.497 e. The van der Waals surface area contributed by atoms with Gasteiger partial charge in [0.25, 0.3) is 0 Å². The van der Waals surface area contributed by atoms with Gasteiger partial charge < -0.3 is 9.72 Å². The topological polar surface area (TPSA) is 37.9 Å². The van der Waals surface area contributed by atoms with Gasteiger partial charge in [-0.3, -0.25) is 0 Å². The Labute approximate surface area is 167 Å². The molecule has 1 aromatic heterocycles. The second-order valence-electron chi connectivity index (χ2n) is 6.05. The molecule has 1 heterocycles. The van der Waals surface area contributed by atoms with E-state index >= 15 is 0 Å². The molecule has 0 radical (unpaired) electrons. The molecule has 4 rings (SSSR count). The lowest BCUT2D eigenvalue weighted by molar-refractivity contribution is 0.415. The highest BCUT2D eigenvalue weighted by molar-refractivity contribution is 6.31. The number of nitrogens with zero attached hydrogens (tertiary/aromatic N) is 1. The second-order valence-corrected chi connectivity index (χ2v) is 6.92. The van der Waals surface area contributed by atoms with E-state index in [9.17, 15) is 0 Å². The van der Waals surface area contributed by atoms with Crippen molar-refractivity contribution >= 4 is 23.2 Å². The third-order valence-corrected chi connectivity index (χ3v) is 4.82. The molecule has 134 valence electrons. The molecule has 0 amide bonds.